The molecule has 5 heteroatoms. The zero-order valence-corrected chi connectivity index (χ0v) is 11.0. The molecule has 0 bridgehead atoms. The van der Waals surface area contributed by atoms with Crippen LogP contribution in [0.1, 0.15) is 16.8 Å². The summed E-state index contributed by atoms with van der Waals surface area (Å²) in [6.45, 7) is 0. The highest BCUT2D eigenvalue weighted by Crippen LogP contribution is 2.31. The summed E-state index contributed by atoms with van der Waals surface area (Å²) in [7, 11) is 0. The minimum absolute atomic E-state index is 0.0935. The molecule has 0 heterocycles. The van der Waals surface area contributed by atoms with Crippen LogP contribution in [0.25, 0.3) is 11.1 Å². The Morgan fingerprint density at radius 3 is 2.43 bits per heavy atom. The van der Waals surface area contributed by atoms with E-state index < -0.39 is 11.9 Å². The van der Waals surface area contributed by atoms with E-state index in [0.717, 1.165) is 0 Å². The minimum Gasteiger partial charge on any atom is -0.478 e. The summed E-state index contributed by atoms with van der Waals surface area (Å²) in [5.74, 6) is -1.55. The van der Waals surface area contributed by atoms with Crippen LogP contribution in [0.5, 0.6) is 0 Å². The van der Waals surface area contributed by atoms with Crippen LogP contribution in [-0.4, -0.2) is 17.0 Å². The van der Waals surface area contributed by atoms with Crippen LogP contribution in [0.15, 0.2) is 48.5 Å². The molecular weight excluding hydrogens is 268 g/mol. The predicted octanol–water partition coefficient (Wildman–Crippen LogP) is 2.90. The van der Waals surface area contributed by atoms with E-state index >= 15 is 0 Å². The molecule has 0 saturated carbocycles. The molecule has 0 aliphatic heterocycles. The van der Waals surface area contributed by atoms with Gasteiger partial charge in [-0.3, -0.25) is 4.79 Å². The van der Waals surface area contributed by atoms with Gasteiger partial charge in [0, 0.05) is 11.3 Å². The Bertz CT molecular complexity index is 718. The van der Waals surface area contributed by atoms with Crippen LogP contribution in [0, 0.1) is 11.3 Å². The first-order chi connectivity index (χ1) is 10.1. The number of benzene rings is 2. The van der Waals surface area contributed by atoms with E-state index in [0.29, 0.717) is 16.8 Å². The molecule has 0 fully saturated rings. The van der Waals surface area contributed by atoms with E-state index in [9.17, 15) is 14.7 Å². The van der Waals surface area contributed by atoms with Crippen LogP contribution in [0.2, 0.25) is 0 Å². The van der Waals surface area contributed by atoms with Crippen molar-refractivity contribution in [1.29, 1.82) is 5.26 Å². The number of hydrogen-bond acceptors (Lipinski definition) is 3. The van der Waals surface area contributed by atoms with Crippen LogP contribution in [0.4, 0.5) is 5.69 Å². The molecule has 0 aromatic heterocycles. The van der Waals surface area contributed by atoms with Gasteiger partial charge >= 0.3 is 5.97 Å². The van der Waals surface area contributed by atoms with Crippen molar-refractivity contribution in [2.24, 2.45) is 0 Å². The number of carbonyl (C=O) groups excluding carboxylic acids is 1. The lowest BCUT2D eigenvalue weighted by Gasteiger charge is -2.13. The molecule has 2 aromatic carbocycles. The fourth-order valence-electron chi connectivity index (χ4n) is 2.02. The summed E-state index contributed by atoms with van der Waals surface area (Å²) >= 11 is 0. The summed E-state index contributed by atoms with van der Waals surface area (Å²) in [5, 5.41) is 20.4. The molecule has 0 atom stereocenters. The van der Waals surface area contributed by atoms with Gasteiger partial charge in [-0.1, -0.05) is 36.4 Å². The molecule has 0 aliphatic carbocycles. The molecule has 104 valence electrons. The second-order valence-corrected chi connectivity index (χ2v) is 4.28. The third kappa shape index (κ3) is 3.25. The molecule has 0 spiro atoms. The Kier molecular flexibility index (Phi) is 4.32. The topological polar surface area (TPSA) is 90.2 Å². The zero-order valence-electron chi connectivity index (χ0n) is 11.0. The van der Waals surface area contributed by atoms with Gasteiger partial charge in [0.15, 0.2) is 0 Å². The van der Waals surface area contributed by atoms with Gasteiger partial charge in [-0.2, -0.15) is 5.26 Å². The quantitative estimate of drug-likeness (QED) is 0.901. The maximum atomic E-state index is 11.6. The number of aromatic carboxylic acids is 1. The van der Waals surface area contributed by atoms with E-state index in [1.807, 2.05) is 6.07 Å². The van der Waals surface area contributed by atoms with Gasteiger partial charge in [-0.05, 0) is 17.7 Å². The number of nitrogens with zero attached hydrogens (tertiary/aromatic N) is 1. The number of rotatable bonds is 4. The molecule has 0 aliphatic rings. The molecule has 21 heavy (non-hydrogen) atoms. The molecule has 0 unspecified atom stereocenters. The van der Waals surface area contributed by atoms with Gasteiger partial charge in [0.05, 0.1) is 11.6 Å². The first-order valence-electron chi connectivity index (χ1n) is 6.22. The largest absolute Gasteiger partial charge is 0.478 e. The van der Waals surface area contributed by atoms with Crippen LogP contribution >= 0.6 is 0 Å². The van der Waals surface area contributed by atoms with Crippen LogP contribution in [-0.2, 0) is 4.79 Å². The molecular formula is C16H12N2O3. The van der Waals surface area contributed by atoms with Crippen molar-refractivity contribution < 1.29 is 14.7 Å². The van der Waals surface area contributed by atoms with Crippen molar-refractivity contribution in [3.8, 4) is 17.2 Å². The number of nitriles is 1. The Labute approximate surface area is 121 Å². The summed E-state index contributed by atoms with van der Waals surface area (Å²) in [5.41, 5.74) is 1.58. The number of anilines is 1. The molecule has 2 aromatic rings. The van der Waals surface area contributed by atoms with E-state index in [4.69, 9.17) is 5.26 Å². The Balaban J connectivity index is 2.56. The first kappa shape index (κ1) is 14.3. The Hall–Kier alpha value is -3.13. The summed E-state index contributed by atoms with van der Waals surface area (Å²) in [4.78, 5) is 23.0. The normalized spacial score (nSPS) is 9.67. The van der Waals surface area contributed by atoms with Gasteiger partial charge in [0.2, 0.25) is 5.91 Å². The van der Waals surface area contributed by atoms with Gasteiger partial charge in [0.25, 0.3) is 0 Å². The van der Waals surface area contributed by atoms with E-state index in [1.54, 1.807) is 42.5 Å². The number of carbonyl (C=O) groups is 2. The Morgan fingerprint density at radius 2 is 1.81 bits per heavy atom. The average Bonchev–Trinajstić information content (AvgIpc) is 2.48. The second kappa shape index (κ2) is 6.35. The van der Waals surface area contributed by atoms with Crippen LogP contribution in [0.3, 0.4) is 0 Å². The van der Waals surface area contributed by atoms with Crippen molar-refractivity contribution >= 4 is 17.6 Å². The monoisotopic (exact) mass is 280 g/mol. The lowest BCUT2D eigenvalue weighted by atomic mass is 9.97. The first-order valence-corrected chi connectivity index (χ1v) is 6.22. The molecule has 2 N–H and O–H groups in total. The summed E-state index contributed by atoms with van der Waals surface area (Å²) in [6.07, 6.45) is -0.286. The number of nitrogens with one attached hydrogen (secondary N) is 1. The molecule has 2 rings (SSSR count). The van der Waals surface area contributed by atoms with E-state index in [2.05, 4.69) is 5.32 Å². The lowest BCUT2D eigenvalue weighted by molar-refractivity contribution is -0.115. The minimum atomic E-state index is -1.08. The molecule has 1 amide bonds. The predicted molar refractivity (Wildman–Crippen MR) is 77.7 cm³/mol. The van der Waals surface area contributed by atoms with E-state index in [1.165, 1.54) is 6.07 Å². The second-order valence-electron chi connectivity index (χ2n) is 4.28. The third-order valence-corrected chi connectivity index (χ3v) is 2.87. The Morgan fingerprint density at radius 1 is 1.10 bits per heavy atom. The number of carboxylic acid groups (broad SMARTS) is 1. The highest BCUT2D eigenvalue weighted by atomic mass is 16.4. The highest BCUT2D eigenvalue weighted by molar-refractivity contribution is 6.04. The summed E-state index contributed by atoms with van der Waals surface area (Å²) in [6, 6.07) is 15.3. The van der Waals surface area contributed by atoms with Crippen molar-refractivity contribution in [3.63, 3.8) is 0 Å². The maximum absolute atomic E-state index is 11.6. The fraction of sp³-hybridized carbons (Fsp3) is 0.0625. The average molecular weight is 280 g/mol. The highest BCUT2D eigenvalue weighted by Gasteiger charge is 2.16. The zero-order chi connectivity index (χ0) is 15.2. The van der Waals surface area contributed by atoms with Crippen molar-refractivity contribution in [2.75, 3.05) is 5.32 Å². The van der Waals surface area contributed by atoms with E-state index in [-0.39, 0.29) is 12.0 Å². The number of amides is 1. The maximum Gasteiger partial charge on any atom is 0.336 e. The standard InChI is InChI=1S/C16H12N2O3/c17-10-9-14(19)18-13-8-4-7-12(16(20)21)15(13)11-5-2-1-3-6-11/h1-8H,9H2,(H,18,19)(H,20,21). The number of carboxylic acids is 1. The smallest absolute Gasteiger partial charge is 0.336 e. The SMILES string of the molecule is N#CCC(=O)Nc1cccc(C(=O)O)c1-c1ccccc1. The van der Waals surface area contributed by atoms with Gasteiger partial charge in [-0.15, -0.1) is 0 Å². The van der Waals surface area contributed by atoms with Crippen LogP contribution < -0.4 is 5.32 Å². The third-order valence-electron chi connectivity index (χ3n) is 2.87. The fourth-order valence-corrected chi connectivity index (χ4v) is 2.02. The van der Waals surface area contributed by atoms with Crippen molar-refractivity contribution in [2.45, 2.75) is 6.42 Å². The van der Waals surface area contributed by atoms with Gasteiger partial charge in [-0.25, -0.2) is 4.79 Å². The van der Waals surface area contributed by atoms with Gasteiger partial charge in [0.1, 0.15) is 6.42 Å². The molecule has 0 radical (unpaired) electrons. The molecule has 5 nitrogen and oxygen atoms in total. The van der Waals surface area contributed by atoms with Gasteiger partial charge < -0.3 is 10.4 Å². The van der Waals surface area contributed by atoms with Crippen molar-refractivity contribution in [3.05, 3.63) is 54.1 Å². The summed E-state index contributed by atoms with van der Waals surface area (Å²) < 4.78 is 0. The number of hydrogen-bond donors (Lipinski definition) is 2. The van der Waals surface area contributed by atoms with Crippen molar-refractivity contribution in [1.82, 2.24) is 0 Å². The lowest BCUT2D eigenvalue weighted by Crippen LogP contribution is -2.12. The molecule has 0 saturated heterocycles.